The molecule has 0 radical (unpaired) electrons. The van der Waals surface area contributed by atoms with Crippen molar-refractivity contribution in [3.05, 3.63) is 82.7 Å². The fourth-order valence-electron chi connectivity index (χ4n) is 3.16. The van der Waals surface area contributed by atoms with Crippen molar-refractivity contribution in [1.29, 1.82) is 0 Å². The number of anilines is 1. The molecule has 0 aliphatic carbocycles. The summed E-state index contributed by atoms with van der Waals surface area (Å²) in [7, 11) is 1.64. The van der Waals surface area contributed by atoms with Crippen molar-refractivity contribution in [1.82, 2.24) is 19.5 Å². The third kappa shape index (κ3) is 3.87. The number of carbonyl (C=O) groups excluding carboxylic acids is 1. The molecule has 1 N–H and O–H groups in total. The Morgan fingerprint density at radius 2 is 1.90 bits per heavy atom. The normalized spacial score (nSPS) is 11.5. The number of nitrogens with zero attached hydrogens (tertiary/aromatic N) is 4. The molecule has 0 bridgehead atoms. The Morgan fingerprint density at radius 1 is 1.10 bits per heavy atom. The van der Waals surface area contributed by atoms with Crippen molar-refractivity contribution >= 4 is 22.6 Å². The van der Waals surface area contributed by atoms with E-state index >= 15 is 0 Å². The van der Waals surface area contributed by atoms with Gasteiger partial charge in [-0.05, 0) is 30.3 Å². The van der Waals surface area contributed by atoms with Crippen molar-refractivity contribution in [2.45, 2.75) is 6.18 Å². The van der Waals surface area contributed by atoms with Crippen LogP contribution in [0.5, 0.6) is 0 Å². The number of nitrogens with one attached hydrogen (secondary N) is 1. The Morgan fingerprint density at radius 3 is 2.61 bits per heavy atom. The maximum Gasteiger partial charge on any atom is 0.434 e. The molecule has 1 amide bonds. The van der Waals surface area contributed by atoms with E-state index in [0.717, 1.165) is 0 Å². The minimum atomic E-state index is -4.78. The van der Waals surface area contributed by atoms with Crippen LogP contribution in [0.25, 0.3) is 22.2 Å². The van der Waals surface area contributed by atoms with E-state index < -0.39 is 23.2 Å². The van der Waals surface area contributed by atoms with E-state index in [0.29, 0.717) is 5.52 Å². The van der Waals surface area contributed by atoms with Gasteiger partial charge in [0.25, 0.3) is 5.91 Å². The molecule has 0 atom stereocenters. The SMILES string of the molecule is Cn1cc(C(=O)Nc2ccc(-c3ccccn3)c(C(F)(F)F)n2)c(=O)c2cnccc21. The van der Waals surface area contributed by atoms with Gasteiger partial charge in [-0.1, -0.05) is 6.07 Å². The number of aryl methyl sites for hydroxylation is 1. The second-order valence-corrected chi connectivity index (χ2v) is 6.64. The highest BCUT2D eigenvalue weighted by molar-refractivity contribution is 6.05. The van der Waals surface area contributed by atoms with Gasteiger partial charge in [-0.25, -0.2) is 4.98 Å². The first-order valence-electron chi connectivity index (χ1n) is 9.00. The van der Waals surface area contributed by atoms with E-state index in [1.807, 2.05) is 0 Å². The standard InChI is InChI=1S/C21H14F3N5O2/c1-29-11-14(18(30)13-10-25-9-7-16(13)29)20(31)28-17-6-5-12(15-4-2-3-8-26-15)19(27-17)21(22,23)24/h2-11H,1H3,(H,27,28,31). The summed E-state index contributed by atoms with van der Waals surface area (Å²) >= 11 is 0. The van der Waals surface area contributed by atoms with E-state index in [9.17, 15) is 22.8 Å². The largest absolute Gasteiger partial charge is 0.434 e. The number of alkyl halides is 3. The van der Waals surface area contributed by atoms with Gasteiger partial charge in [0, 0.05) is 37.4 Å². The van der Waals surface area contributed by atoms with Crippen LogP contribution in [-0.4, -0.2) is 25.4 Å². The first kappa shape index (κ1) is 20.2. The summed E-state index contributed by atoms with van der Waals surface area (Å²) in [4.78, 5) is 36.7. The molecule has 4 heterocycles. The van der Waals surface area contributed by atoms with Gasteiger partial charge in [0.1, 0.15) is 11.4 Å². The number of hydrogen-bond acceptors (Lipinski definition) is 5. The maximum absolute atomic E-state index is 13.6. The van der Waals surface area contributed by atoms with E-state index in [1.165, 1.54) is 43.0 Å². The predicted molar refractivity (Wildman–Crippen MR) is 107 cm³/mol. The van der Waals surface area contributed by atoms with Gasteiger partial charge in [0.15, 0.2) is 5.69 Å². The van der Waals surface area contributed by atoms with Crippen LogP contribution < -0.4 is 10.7 Å². The van der Waals surface area contributed by atoms with Gasteiger partial charge in [0.2, 0.25) is 5.43 Å². The minimum Gasteiger partial charge on any atom is -0.349 e. The number of rotatable bonds is 3. The van der Waals surface area contributed by atoms with Crippen molar-refractivity contribution in [3.63, 3.8) is 0 Å². The lowest BCUT2D eigenvalue weighted by Crippen LogP contribution is -2.24. The molecule has 0 fully saturated rings. The van der Waals surface area contributed by atoms with Crippen LogP contribution in [0.3, 0.4) is 0 Å². The lowest BCUT2D eigenvalue weighted by atomic mass is 10.1. The van der Waals surface area contributed by atoms with Crippen molar-refractivity contribution in [3.8, 4) is 11.3 Å². The molecular formula is C21H14F3N5O2. The smallest absolute Gasteiger partial charge is 0.349 e. The van der Waals surface area contributed by atoms with Crippen LogP contribution >= 0.6 is 0 Å². The van der Waals surface area contributed by atoms with E-state index in [4.69, 9.17) is 0 Å². The van der Waals surface area contributed by atoms with Crippen LogP contribution in [0.4, 0.5) is 19.0 Å². The van der Waals surface area contributed by atoms with Crippen molar-refractivity contribution in [2.75, 3.05) is 5.32 Å². The molecule has 156 valence electrons. The quantitative estimate of drug-likeness (QED) is 0.541. The molecule has 0 unspecified atom stereocenters. The summed E-state index contributed by atoms with van der Waals surface area (Å²) in [5.74, 6) is -1.22. The number of halogens is 3. The van der Waals surface area contributed by atoms with E-state index in [-0.39, 0.29) is 28.0 Å². The average molecular weight is 425 g/mol. The van der Waals surface area contributed by atoms with Gasteiger partial charge >= 0.3 is 6.18 Å². The Balaban J connectivity index is 1.73. The molecule has 4 rings (SSSR count). The number of amides is 1. The van der Waals surface area contributed by atoms with E-state index in [2.05, 4.69) is 20.3 Å². The Kier molecular flexibility index (Phi) is 4.97. The zero-order chi connectivity index (χ0) is 22.2. The van der Waals surface area contributed by atoms with Crippen LogP contribution in [0.2, 0.25) is 0 Å². The van der Waals surface area contributed by atoms with Crippen molar-refractivity contribution in [2.24, 2.45) is 7.05 Å². The molecule has 0 aliphatic heterocycles. The summed E-state index contributed by atoms with van der Waals surface area (Å²) in [6.45, 7) is 0. The van der Waals surface area contributed by atoms with Gasteiger partial charge in [0.05, 0.1) is 16.6 Å². The molecule has 31 heavy (non-hydrogen) atoms. The molecule has 0 aromatic carbocycles. The van der Waals surface area contributed by atoms with Crippen LogP contribution in [-0.2, 0) is 13.2 Å². The monoisotopic (exact) mass is 425 g/mol. The molecule has 0 spiro atoms. The Bertz CT molecular complexity index is 1350. The molecule has 7 nitrogen and oxygen atoms in total. The minimum absolute atomic E-state index is 0.0936. The molecule has 10 heteroatoms. The zero-order valence-electron chi connectivity index (χ0n) is 16.0. The fourth-order valence-corrected chi connectivity index (χ4v) is 3.16. The highest BCUT2D eigenvalue weighted by Crippen LogP contribution is 2.35. The van der Waals surface area contributed by atoms with Gasteiger partial charge < -0.3 is 9.88 Å². The summed E-state index contributed by atoms with van der Waals surface area (Å²) in [5.41, 5.74) is -1.59. The third-order valence-corrected chi connectivity index (χ3v) is 4.58. The number of fused-ring (bicyclic) bond motifs is 1. The maximum atomic E-state index is 13.6. The Hall–Kier alpha value is -4.08. The topological polar surface area (TPSA) is 89.8 Å². The van der Waals surface area contributed by atoms with Crippen LogP contribution in [0, 0.1) is 0 Å². The number of pyridine rings is 4. The number of hydrogen-bond donors (Lipinski definition) is 1. The predicted octanol–water partition coefficient (Wildman–Crippen LogP) is 3.66. The molecule has 0 aliphatic rings. The average Bonchev–Trinajstić information content (AvgIpc) is 2.76. The number of aromatic nitrogens is 4. The highest BCUT2D eigenvalue weighted by atomic mass is 19.4. The van der Waals surface area contributed by atoms with E-state index in [1.54, 1.807) is 29.8 Å². The van der Waals surface area contributed by atoms with Gasteiger partial charge in [-0.15, -0.1) is 0 Å². The third-order valence-electron chi connectivity index (χ3n) is 4.58. The summed E-state index contributed by atoms with van der Waals surface area (Å²) in [5, 5.41) is 2.49. The molecular weight excluding hydrogens is 411 g/mol. The first-order chi connectivity index (χ1) is 14.8. The lowest BCUT2D eigenvalue weighted by molar-refractivity contribution is -0.140. The zero-order valence-corrected chi connectivity index (χ0v) is 16.0. The molecule has 4 aromatic heterocycles. The highest BCUT2D eigenvalue weighted by Gasteiger charge is 2.36. The first-order valence-corrected chi connectivity index (χ1v) is 9.00. The fraction of sp³-hybridized carbons (Fsp3) is 0.0952. The van der Waals surface area contributed by atoms with Gasteiger partial charge in [-0.3, -0.25) is 19.6 Å². The van der Waals surface area contributed by atoms with Crippen LogP contribution in [0.15, 0.2) is 66.0 Å². The Labute approximate surface area is 173 Å². The second kappa shape index (κ2) is 7.63. The molecule has 0 saturated heterocycles. The van der Waals surface area contributed by atoms with Gasteiger partial charge in [-0.2, -0.15) is 13.2 Å². The molecule has 0 saturated carbocycles. The lowest BCUT2D eigenvalue weighted by Gasteiger charge is -2.14. The molecule has 4 aromatic rings. The summed E-state index contributed by atoms with van der Waals surface area (Å²) in [6, 6.07) is 8.59. The van der Waals surface area contributed by atoms with Crippen LogP contribution in [0.1, 0.15) is 16.1 Å². The number of carbonyl (C=O) groups is 1. The van der Waals surface area contributed by atoms with Crippen molar-refractivity contribution < 1.29 is 18.0 Å². The summed E-state index contributed by atoms with van der Waals surface area (Å²) in [6.07, 6.45) is 0.740. The summed E-state index contributed by atoms with van der Waals surface area (Å²) < 4.78 is 42.4. The second-order valence-electron chi connectivity index (χ2n) is 6.64.